The zero-order valence-corrected chi connectivity index (χ0v) is 15.2. The van der Waals surface area contributed by atoms with E-state index in [9.17, 15) is 4.79 Å². The van der Waals surface area contributed by atoms with Gasteiger partial charge in [0.2, 0.25) is 5.91 Å². The van der Waals surface area contributed by atoms with Crippen molar-refractivity contribution in [2.45, 2.75) is 18.6 Å². The van der Waals surface area contributed by atoms with Gasteiger partial charge in [-0.3, -0.25) is 9.36 Å². The summed E-state index contributed by atoms with van der Waals surface area (Å²) in [5.41, 5.74) is 0.857. The normalized spacial score (nSPS) is 10.8. The molecular formula is C15H14ClN5OS2. The van der Waals surface area contributed by atoms with Crippen molar-refractivity contribution in [1.82, 2.24) is 25.1 Å². The molecule has 0 aliphatic heterocycles. The van der Waals surface area contributed by atoms with Crippen LogP contribution in [-0.4, -0.2) is 31.4 Å². The Labute approximate surface area is 152 Å². The van der Waals surface area contributed by atoms with Gasteiger partial charge >= 0.3 is 0 Å². The first-order valence-corrected chi connectivity index (χ1v) is 9.26. The lowest BCUT2D eigenvalue weighted by molar-refractivity contribution is -0.118. The van der Waals surface area contributed by atoms with Crippen LogP contribution in [0.2, 0.25) is 5.02 Å². The minimum Gasteiger partial charge on any atom is -0.350 e. The molecule has 0 saturated carbocycles. The first kappa shape index (κ1) is 16.9. The molecule has 0 bridgehead atoms. The molecule has 3 aromatic rings. The van der Waals surface area contributed by atoms with Crippen LogP contribution in [0.4, 0.5) is 0 Å². The summed E-state index contributed by atoms with van der Waals surface area (Å²) in [4.78, 5) is 17.2. The Morgan fingerprint density at radius 1 is 1.46 bits per heavy atom. The number of nitrogens with one attached hydrogen (secondary N) is 1. The van der Waals surface area contributed by atoms with Crippen molar-refractivity contribution in [3.05, 3.63) is 51.7 Å². The maximum absolute atomic E-state index is 12.0. The zero-order valence-electron chi connectivity index (χ0n) is 12.8. The Morgan fingerprint density at radius 3 is 3.08 bits per heavy atom. The minimum absolute atomic E-state index is 0.0632. The smallest absolute Gasteiger partial charge is 0.230 e. The molecule has 6 nitrogen and oxygen atoms in total. The first-order valence-electron chi connectivity index (χ1n) is 7.08. The molecule has 3 rings (SSSR count). The number of hydrogen-bond acceptors (Lipinski definition) is 6. The van der Waals surface area contributed by atoms with Gasteiger partial charge in [0.25, 0.3) is 0 Å². The Hall–Kier alpha value is -1.90. The summed E-state index contributed by atoms with van der Waals surface area (Å²) in [6.45, 7) is 2.43. The van der Waals surface area contributed by atoms with E-state index in [1.54, 1.807) is 34.5 Å². The van der Waals surface area contributed by atoms with E-state index in [1.165, 1.54) is 11.8 Å². The maximum atomic E-state index is 12.0. The van der Waals surface area contributed by atoms with Crippen molar-refractivity contribution in [3.8, 4) is 5.69 Å². The highest BCUT2D eigenvalue weighted by Gasteiger charge is 2.10. The lowest BCUT2D eigenvalue weighted by Crippen LogP contribution is -2.24. The van der Waals surface area contributed by atoms with E-state index in [-0.39, 0.29) is 11.7 Å². The van der Waals surface area contributed by atoms with Crippen LogP contribution in [0.25, 0.3) is 5.69 Å². The summed E-state index contributed by atoms with van der Waals surface area (Å²) < 4.78 is 1.80. The van der Waals surface area contributed by atoms with Crippen molar-refractivity contribution < 1.29 is 4.79 Å². The fourth-order valence-corrected chi connectivity index (χ4v) is 3.66. The number of amides is 1. The summed E-state index contributed by atoms with van der Waals surface area (Å²) in [6, 6.07) is 7.39. The minimum atomic E-state index is -0.0632. The standard InChI is InChI=1S/C15H14ClN5OS2/c1-10-17-6-13(24-10)7-18-14(22)8-23-15-20-19-9-21(15)12-4-2-3-11(16)5-12/h2-6,9H,7-8H2,1H3,(H,18,22). The lowest BCUT2D eigenvalue weighted by atomic mass is 10.3. The van der Waals surface area contributed by atoms with E-state index in [4.69, 9.17) is 11.6 Å². The number of rotatable bonds is 6. The van der Waals surface area contributed by atoms with Gasteiger partial charge in [-0.2, -0.15) is 0 Å². The van der Waals surface area contributed by atoms with Gasteiger partial charge in [0.1, 0.15) is 6.33 Å². The van der Waals surface area contributed by atoms with E-state index in [0.29, 0.717) is 16.7 Å². The molecule has 0 radical (unpaired) electrons. The van der Waals surface area contributed by atoms with Gasteiger partial charge < -0.3 is 5.32 Å². The van der Waals surface area contributed by atoms with E-state index in [2.05, 4.69) is 20.5 Å². The molecule has 1 amide bonds. The van der Waals surface area contributed by atoms with Crippen molar-refractivity contribution in [1.29, 1.82) is 0 Å². The highest BCUT2D eigenvalue weighted by molar-refractivity contribution is 7.99. The number of nitrogens with zero attached hydrogens (tertiary/aromatic N) is 4. The number of benzene rings is 1. The van der Waals surface area contributed by atoms with Gasteiger partial charge in [-0.25, -0.2) is 4.98 Å². The number of carbonyl (C=O) groups is 1. The van der Waals surface area contributed by atoms with E-state index in [0.717, 1.165) is 15.6 Å². The second-order valence-corrected chi connectivity index (χ2v) is 7.57. The Bertz CT molecular complexity index is 848. The summed E-state index contributed by atoms with van der Waals surface area (Å²) >= 11 is 8.91. The van der Waals surface area contributed by atoms with Crippen LogP contribution in [0.1, 0.15) is 9.88 Å². The van der Waals surface area contributed by atoms with Gasteiger partial charge in [-0.1, -0.05) is 29.4 Å². The number of aromatic nitrogens is 4. The molecule has 1 N–H and O–H groups in total. The fraction of sp³-hybridized carbons (Fsp3) is 0.200. The SMILES string of the molecule is Cc1ncc(CNC(=O)CSc2nncn2-c2cccc(Cl)c2)s1. The number of hydrogen-bond donors (Lipinski definition) is 1. The molecule has 0 fully saturated rings. The number of halogens is 1. The molecule has 124 valence electrons. The van der Waals surface area contributed by atoms with Crippen molar-refractivity contribution in [3.63, 3.8) is 0 Å². The lowest BCUT2D eigenvalue weighted by Gasteiger charge is -2.07. The molecule has 2 heterocycles. The average molecular weight is 380 g/mol. The third kappa shape index (κ3) is 4.34. The van der Waals surface area contributed by atoms with Gasteiger partial charge in [-0.15, -0.1) is 21.5 Å². The predicted octanol–water partition coefficient (Wildman–Crippen LogP) is 3.09. The van der Waals surface area contributed by atoms with Crippen LogP contribution in [-0.2, 0) is 11.3 Å². The maximum Gasteiger partial charge on any atom is 0.230 e. The molecule has 24 heavy (non-hydrogen) atoms. The average Bonchev–Trinajstić information content (AvgIpc) is 3.19. The molecule has 0 aliphatic rings. The molecule has 1 aromatic carbocycles. The summed E-state index contributed by atoms with van der Waals surface area (Å²) in [5.74, 6) is 0.198. The Kier molecular flexibility index (Phi) is 5.49. The predicted molar refractivity (Wildman–Crippen MR) is 95.8 cm³/mol. The van der Waals surface area contributed by atoms with Crippen LogP contribution in [0.15, 0.2) is 41.9 Å². The summed E-state index contributed by atoms with van der Waals surface area (Å²) in [5, 5.41) is 13.1. The third-order valence-corrected chi connectivity index (χ3v) is 5.16. The highest BCUT2D eigenvalue weighted by Crippen LogP contribution is 2.21. The monoisotopic (exact) mass is 379 g/mol. The molecule has 0 unspecified atom stereocenters. The molecule has 0 spiro atoms. The van der Waals surface area contributed by atoms with Gasteiger partial charge in [-0.05, 0) is 25.1 Å². The molecular weight excluding hydrogens is 366 g/mol. The number of aryl methyl sites for hydroxylation is 1. The zero-order chi connectivity index (χ0) is 16.9. The van der Waals surface area contributed by atoms with Crippen molar-refractivity contribution >= 4 is 40.6 Å². The molecule has 0 saturated heterocycles. The number of thioether (sulfide) groups is 1. The number of carbonyl (C=O) groups excluding carboxylic acids is 1. The van der Waals surface area contributed by atoms with Crippen LogP contribution < -0.4 is 5.32 Å². The van der Waals surface area contributed by atoms with Crippen molar-refractivity contribution in [2.24, 2.45) is 0 Å². The first-order chi connectivity index (χ1) is 11.6. The molecule has 0 atom stereocenters. The van der Waals surface area contributed by atoms with E-state index >= 15 is 0 Å². The van der Waals surface area contributed by atoms with Gasteiger partial charge in [0, 0.05) is 16.1 Å². The van der Waals surface area contributed by atoms with Crippen LogP contribution >= 0.6 is 34.7 Å². The summed E-state index contributed by atoms with van der Waals surface area (Å²) in [6.07, 6.45) is 3.38. The second kappa shape index (κ2) is 7.78. The molecule has 0 aliphatic carbocycles. The molecule has 9 heteroatoms. The second-order valence-electron chi connectivity index (χ2n) is 4.87. The highest BCUT2D eigenvalue weighted by atomic mass is 35.5. The van der Waals surface area contributed by atoms with Crippen molar-refractivity contribution in [2.75, 3.05) is 5.75 Å². The summed E-state index contributed by atoms with van der Waals surface area (Å²) in [7, 11) is 0. The van der Waals surface area contributed by atoms with Crippen LogP contribution in [0, 0.1) is 6.92 Å². The molecule has 2 aromatic heterocycles. The van der Waals surface area contributed by atoms with E-state index < -0.39 is 0 Å². The van der Waals surface area contributed by atoms with Crippen LogP contribution in [0.3, 0.4) is 0 Å². The van der Waals surface area contributed by atoms with Gasteiger partial charge in [0.05, 0.1) is 23.0 Å². The largest absolute Gasteiger partial charge is 0.350 e. The third-order valence-electron chi connectivity index (χ3n) is 3.06. The quantitative estimate of drug-likeness (QED) is 0.666. The topological polar surface area (TPSA) is 72.7 Å². The Balaban J connectivity index is 1.57. The number of thiazole rings is 1. The van der Waals surface area contributed by atoms with E-state index in [1.807, 2.05) is 25.1 Å². The Morgan fingerprint density at radius 2 is 2.33 bits per heavy atom. The van der Waals surface area contributed by atoms with Gasteiger partial charge in [0.15, 0.2) is 5.16 Å². The van der Waals surface area contributed by atoms with Crippen LogP contribution in [0.5, 0.6) is 0 Å². The fourth-order valence-electron chi connectivity index (χ4n) is 1.98.